The van der Waals surface area contributed by atoms with E-state index >= 15 is 0 Å². The van der Waals surface area contributed by atoms with Crippen LogP contribution >= 0.6 is 0 Å². The van der Waals surface area contributed by atoms with Gasteiger partial charge < -0.3 is 19.8 Å². The van der Waals surface area contributed by atoms with Crippen molar-refractivity contribution in [2.24, 2.45) is 0 Å². The van der Waals surface area contributed by atoms with E-state index in [1.54, 1.807) is 49.8 Å². The van der Waals surface area contributed by atoms with E-state index in [4.69, 9.17) is 9.47 Å². The molecule has 0 spiro atoms. The van der Waals surface area contributed by atoms with Crippen molar-refractivity contribution >= 4 is 16.8 Å². The average molecular weight is 395 g/mol. The molecule has 0 saturated heterocycles. The number of hydrogen-bond acceptors (Lipinski definition) is 5. The molecule has 7 nitrogen and oxygen atoms in total. The molecule has 0 saturated carbocycles. The van der Waals surface area contributed by atoms with Crippen molar-refractivity contribution in [1.29, 1.82) is 0 Å². The molecule has 7 heteroatoms. The Morgan fingerprint density at radius 1 is 1.17 bits per heavy atom. The second-order valence-electron chi connectivity index (χ2n) is 6.67. The first kappa shape index (κ1) is 20.4. The van der Waals surface area contributed by atoms with Gasteiger partial charge in [0.2, 0.25) is 0 Å². The van der Waals surface area contributed by atoms with Crippen LogP contribution in [0.25, 0.3) is 10.9 Å². The topological polar surface area (TPSA) is 93.3 Å². The largest absolute Gasteiger partial charge is 0.493 e. The Balaban J connectivity index is 1.86. The van der Waals surface area contributed by atoms with Crippen LogP contribution in [0.4, 0.5) is 0 Å². The number of aromatic amines is 1. The Morgan fingerprint density at radius 2 is 1.97 bits per heavy atom. The highest BCUT2D eigenvalue weighted by Gasteiger charge is 2.16. The smallest absolute Gasteiger partial charge is 0.261 e. The molecule has 152 valence electrons. The number of methoxy groups -OCH3 is 1. The summed E-state index contributed by atoms with van der Waals surface area (Å²) in [6.45, 7) is 2.96. The molecule has 0 unspecified atom stereocenters. The maximum Gasteiger partial charge on any atom is 0.261 e. The van der Waals surface area contributed by atoms with E-state index in [0.29, 0.717) is 35.6 Å². The number of carbonyl (C=O) groups is 1. The number of rotatable bonds is 9. The molecule has 0 bridgehead atoms. The molecule has 2 N–H and O–H groups in total. The lowest BCUT2D eigenvalue weighted by Gasteiger charge is -2.14. The van der Waals surface area contributed by atoms with E-state index in [0.717, 1.165) is 24.8 Å². The fraction of sp³-hybridized carbons (Fsp3) is 0.318. The van der Waals surface area contributed by atoms with Crippen molar-refractivity contribution < 1.29 is 14.3 Å². The lowest BCUT2D eigenvalue weighted by molar-refractivity contribution is 0.0949. The van der Waals surface area contributed by atoms with Crippen LogP contribution in [-0.2, 0) is 6.54 Å². The maximum atomic E-state index is 12.6. The van der Waals surface area contributed by atoms with Gasteiger partial charge in [0.1, 0.15) is 5.56 Å². The van der Waals surface area contributed by atoms with Crippen molar-refractivity contribution in [2.45, 2.75) is 32.7 Å². The number of unbranched alkanes of at least 4 members (excludes halogenated alkanes) is 2. The predicted octanol–water partition coefficient (Wildman–Crippen LogP) is 3.43. The van der Waals surface area contributed by atoms with Crippen LogP contribution in [0.1, 0.15) is 42.1 Å². The summed E-state index contributed by atoms with van der Waals surface area (Å²) in [7, 11) is 1.55. The third-order valence-corrected chi connectivity index (χ3v) is 4.60. The SMILES string of the molecule is CCCCCOc1c(OC)ccc2cc(C(=O)NCc3ccncc3)c(=O)[nH]c12. The summed E-state index contributed by atoms with van der Waals surface area (Å²) in [5.74, 6) is 0.590. The Bertz CT molecular complexity index is 1030. The summed E-state index contributed by atoms with van der Waals surface area (Å²) < 4.78 is 11.3. The van der Waals surface area contributed by atoms with Gasteiger partial charge in [0.05, 0.1) is 19.2 Å². The molecule has 3 rings (SSSR count). The van der Waals surface area contributed by atoms with Crippen molar-refractivity contribution in [3.63, 3.8) is 0 Å². The van der Waals surface area contributed by atoms with E-state index in [9.17, 15) is 9.59 Å². The summed E-state index contributed by atoms with van der Waals surface area (Å²) in [6, 6.07) is 8.75. The molecule has 0 atom stereocenters. The van der Waals surface area contributed by atoms with Crippen LogP contribution in [0.5, 0.6) is 11.5 Å². The van der Waals surface area contributed by atoms with Gasteiger partial charge >= 0.3 is 0 Å². The Kier molecular flexibility index (Phi) is 6.84. The molecule has 2 aromatic heterocycles. The molecule has 29 heavy (non-hydrogen) atoms. The number of H-pyrrole nitrogens is 1. The standard InChI is InChI=1S/C22H25N3O4/c1-3-4-5-12-29-20-18(28-2)7-6-16-13-17(22(27)25-19(16)20)21(26)24-14-15-8-10-23-11-9-15/h6-11,13H,3-5,12,14H2,1-2H3,(H,24,26)(H,25,27). The number of carbonyl (C=O) groups excluding carboxylic acids is 1. The number of nitrogens with zero attached hydrogens (tertiary/aromatic N) is 1. The van der Waals surface area contributed by atoms with Crippen LogP contribution < -0.4 is 20.3 Å². The minimum absolute atomic E-state index is 0.0497. The fourth-order valence-electron chi connectivity index (χ4n) is 3.01. The van der Waals surface area contributed by atoms with Crippen molar-refractivity contribution in [3.8, 4) is 11.5 Å². The van der Waals surface area contributed by atoms with Gasteiger partial charge in [0.15, 0.2) is 11.5 Å². The number of benzene rings is 1. The Morgan fingerprint density at radius 3 is 2.69 bits per heavy atom. The van der Waals surface area contributed by atoms with Gasteiger partial charge in [0, 0.05) is 24.3 Å². The van der Waals surface area contributed by atoms with Gasteiger partial charge in [-0.2, -0.15) is 0 Å². The summed E-state index contributed by atoms with van der Waals surface area (Å²) >= 11 is 0. The molecule has 2 heterocycles. The second kappa shape index (κ2) is 9.73. The van der Waals surface area contributed by atoms with Crippen LogP contribution in [0, 0.1) is 0 Å². The zero-order valence-electron chi connectivity index (χ0n) is 16.7. The minimum atomic E-state index is -0.476. The first-order valence-electron chi connectivity index (χ1n) is 9.68. The van der Waals surface area contributed by atoms with E-state index < -0.39 is 11.5 Å². The highest BCUT2D eigenvalue weighted by molar-refractivity contribution is 5.98. The molecule has 0 aliphatic heterocycles. The monoisotopic (exact) mass is 395 g/mol. The van der Waals surface area contributed by atoms with Gasteiger partial charge in [-0.1, -0.05) is 19.8 Å². The zero-order chi connectivity index (χ0) is 20.6. The average Bonchev–Trinajstić information content (AvgIpc) is 2.75. The lowest BCUT2D eigenvalue weighted by Crippen LogP contribution is -2.29. The first-order valence-corrected chi connectivity index (χ1v) is 9.68. The second-order valence-corrected chi connectivity index (χ2v) is 6.67. The molecule has 1 aromatic carbocycles. The quantitative estimate of drug-likeness (QED) is 0.542. The summed E-state index contributed by atoms with van der Waals surface area (Å²) in [6.07, 6.45) is 6.37. The summed E-state index contributed by atoms with van der Waals surface area (Å²) in [4.78, 5) is 31.9. The van der Waals surface area contributed by atoms with Gasteiger partial charge in [-0.25, -0.2) is 0 Å². The van der Waals surface area contributed by atoms with Crippen LogP contribution in [0.15, 0.2) is 47.5 Å². The van der Waals surface area contributed by atoms with Crippen LogP contribution in [0.3, 0.4) is 0 Å². The van der Waals surface area contributed by atoms with E-state index in [1.165, 1.54) is 0 Å². The first-order chi connectivity index (χ1) is 14.1. The molecule has 3 aromatic rings. The molecule has 1 amide bonds. The molecule has 0 aliphatic carbocycles. The number of aromatic nitrogens is 2. The van der Waals surface area contributed by atoms with E-state index in [1.807, 2.05) is 0 Å². The number of ether oxygens (including phenoxy) is 2. The molecule has 0 fully saturated rings. The Hall–Kier alpha value is -3.35. The molecule has 0 radical (unpaired) electrons. The normalized spacial score (nSPS) is 10.7. The third-order valence-electron chi connectivity index (χ3n) is 4.60. The summed E-state index contributed by atoms with van der Waals surface area (Å²) in [5.41, 5.74) is 1.000. The highest BCUT2D eigenvalue weighted by Crippen LogP contribution is 2.34. The number of nitrogens with one attached hydrogen (secondary N) is 2. The van der Waals surface area contributed by atoms with Crippen molar-refractivity contribution in [1.82, 2.24) is 15.3 Å². The highest BCUT2D eigenvalue weighted by atomic mass is 16.5. The van der Waals surface area contributed by atoms with Gasteiger partial charge in [-0.3, -0.25) is 14.6 Å². The molecule has 0 aliphatic rings. The fourth-order valence-corrected chi connectivity index (χ4v) is 3.01. The predicted molar refractivity (Wildman–Crippen MR) is 112 cm³/mol. The van der Waals surface area contributed by atoms with E-state index in [-0.39, 0.29) is 5.56 Å². The van der Waals surface area contributed by atoms with Gasteiger partial charge in [-0.05, 0) is 42.3 Å². The van der Waals surface area contributed by atoms with Crippen molar-refractivity contribution in [2.75, 3.05) is 13.7 Å². The minimum Gasteiger partial charge on any atom is -0.493 e. The van der Waals surface area contributed by atoms with Crippen LogP contribution in [-0.4, -0.2) is 29.6 Å². The van der Waals surface area contributed by atoms with E-state index in [2.05, 4.69) is 22.2 Å². The summed E-state index contributed by atoms with van der Waals surface area (Å²) in [5, 5.41) is 3.46. The number of pyridine rings is 2. The maximum absolute atomic E-state index is 12.6. The van der Waals surface area contributed by atoms with Gasteiger partial charge in [0.25, 0.3) is 11.5 Å². The van der Waals surface area contributed by atoms with Gasteiger partial charge in [-0.15, -0.1) is 0 Å². The van der Waals surface area contributed by atoms with Crippen LogP contribution in [0.2, 0.25) is 0 Å². The number of fused-ring (bicyclic) bond motifs is 1. The molecular formula is C22H25N3O4. The zero-order valence-corrected chi connectivity index (χ0v) is 16.7. The lowest BCUT2D eigenvalue weighted by atomic mass is 10.1. The number of hydrogen-bond donors (Lipinski definition) is 2. The third kappa shape index (κ3) is 4.93. The Labute approximate surface area is 169 Å². The molecular weight excluding hydrogens is 370 g/mol. The number of amides is 1. The van der Waals surface area contributed by atoms with Crippen molar-refractivity contribution in [3.05, 3.63) is 64.2 Å².